The number of rotatable bonds is 4. The van der Waals surface area contributed by atoms with Crippen LogP contribution in [0.1, 0.15) is 60.1 Å². The molecule has 2 aromatic rings. The van der Waals surface area contributed by atoms with Crippen molar-refractivity contribution in [1.82, 2.24) is 5.32 Å². The van der Waals surface area contributed by atoms with E-state index in [-0.39, 0.29) is 30.9 Å². The van der Waals surface area contributed by atoms with Gasteiger partial charge in [-0.3, -0.25) is 19.5 Å². The van der Waals surface area contributed by atoms with Crippen molar-refractivity contribution >= 4 is 33.9 Å². The summed E-state index contributed by atoms with van der Waals surface area (Å²) in [5.74, 6) is -0.154. The second kappa shape index (κ2) is 8.34. The number of anilines is 1. The molecule has 0 radical (unpaired) electrons. The van der Waals surface area contributed by atoms with Crippen molar-refractivity contribution in [2.75, 3.05) is 18.0 Å². The maximum Gasteiger partial charge on any atom is 0.249 e. The first kappa shape index (κ1) is 19.5. The fraction of sp³-hybridized carbons (Fsp3) is 0.458. The van der Waals surface area contributed by atoms with E-state index in [2.05, 4.69) is 17.4 Å². The first-order chi connectivity index (χ1) is 14.7. The fourth-order valence-electron chi connectivity index (χ4n) is 4.90. The summed E-state index contributed by atoms with van der Waals surface area (Å²) in [4.78, 5) is 33.7. The Morgan fingerprint density at radius 3 is 2.70 bits per heavy atom. The van der Waals surface area contributed by atoms with E-state index in [1.807, 2.05) is 18.2 Å². The van der Waals surface area contributed by atoms with Gasteiger partial charge in [-0.2, -0.15) is 0 Å². The zero-order chi connectivity index (χ0) is 20.5. The molecule has 5 rings (SSSR count). The van der Waals surface area contributed by atoms with Gasteiger partial charge < -0.3 is 5.32 Å². The van der Waals surface area contributed by atoms with Crippen LogP contribution in [0.2, 0.25) is 0 Å². The van der Waals surface area contributed by atoms with Gasteiger partial charge in [-0.1, -0.05) is 49.6 Å². The molecule has 6 heteroatoms. The topological polar surface area (TPSA) is 61.8 Å². The maximum absolute atomic E-state index is 13.1. The SMILES string of the molecule is O=C(CN1C(=O)CN=C(c2ccccc2)c2c1sc1c2CCC1)NC1CCCCC1. The number of aliphatic imine (C=N–C) groups is 1. The van der Waals surface area contributed by atoms with Crippen molar-refractivity contribution in [2.24, 2.45) is 4.99 Å². The number of nitrogens with one attached hydrogen (secondary N) is 1. The van der Waals surface area contributed by atoms with E-state index >= 15 is 0 Å². The van der Waals surface area contributed by atoms with E-state index in [9.17, 15) is 9.59 Å². The molecule has 2 amide bonds. The molecule has 1 aliphatic heterocycles. The molecule has 0 unspecified atom stereocenters. The van der Waals surface area contributed by atoms with E-state index in [0.29, 0.717) is 0 Å². The second-order valence-corrected chi connectivity index (χ2v) is 9.53. The molecule has 1 saturated carbocycles. The molecular formula is C24H27N3O2S. The Bertz CT molecular complexity index is 989. The summed E-state index contributed by atoms with van der Waals surface area (Å²) in [6, 6.07) is 10.4. The van der Waals surface area contributed by atoms with Gasteiger partial charge in [-0.25, -0.2) is 0 Å². The van der Waals surface area contributed by atoms with Crippen LogP contribution < -0.4 is 10.2 Å². The number of thiophene rings is 1. The van der Waals surface area contributed by atoms with E-state index in [4.69, 9.17) is 4.99 Å². The number of hydrogen-bond donors (Lipinski definition) is 1. The van der Waals surface area contributed by atoms with Gasteiger partial charge in [0.15, 0.2) is 0 Å². The van der Waals surface area contributed by atoms with E-state index in [1.165, 1.54) is 29.7 Å². The van der Waals surface area contributed by atoms with Crippen LogP contribution in [0.5, 0.6) is 0 Å². The monoisotopic (exact) mass is 421 g/mol. The standard InChI is InChI=1S/C24H27N3O2S/c28-20(26-17-10-5-2-6-11-17)15-27-21(29)14-25-23(16-8-3-1-4-9-16)22-18-12-7-13-19(18)30-24(22)27/h1,3-4,8-9,17H,2,5-7,10-15H2,(H,26,28). The molecular weight excluding hydrogens is 394 g/mol. The molecule has 3 aliphatic rings. The number of fused-ring (bicyclic) bond motifs is 3. The molecule has 5 nitrogen and oxygen atoms in total. The van der Waals surface area contributed by atoms with Crippen LogP contribution >= 0.6 is 11.3 Å². The Morgan fingerprint density at radius 1 is 1.10 bits per heavy atom. The molecule has 30 heavy (non-hydrogen) atoms. The molecule has 0 saturated heterocycles. The molecule has 0 bridgehead atoms. The molecule has 2 aliphatic carbocycles. The summed E-state index contributed by atoms with van der Waals surface area (Å²) in [6.45, 7) is 0.163. The predicted octanol–water partition coefficient (Wildman–Crippen LogP) is 3.87. The van der Waals surface area contributed by atoms with Gasteiger partial charge in [-0.15, -0.1) is 11.3 Å². The van der Waals surface area contributed by atoms with Gasteiger partial charge in [-0.05, 0) is 37.7 Å². The van der Waals surface area contributed by atoms with E-state index in [1.54, 1.807) is 16.2 Å². The largest absolute Gasteiger partial charge is 0.352 e. The van der Waals surface area contributed by atoms with E-state index in [0.717, 1.165) is 53.9 Å². The van der Waals surface area contributed by atoms with Crippen molar-refractivity contribution in [1.29, 1.82) is 0 Å². The highest BCUT2D eigenvalue weighted by Gasteiger charge is 2.34. The predicted molar refractivity (Wildman–Crippen MR) is 121 cm³/mol. The lowest BCUT2D eigenvalue weighted by molar-refractivity contribution is -0.123. The first-order valence-corrected chi connectivity index (χ1v) is 11.9. The molecule has 1 aromatic heterocycles. The lowest BCUT2D eigenvalue weighted by Gasteiger charge is -2.25. The minimum atomic E-state index is -0.0964. The molecule has 0 spiro atoms. The average Bonchev–Trinajstić information content (AvgIpc) is 3.32. The van der Waals surface area contributed by atoms with Crippen molar-refractivity contribution < 1.29 is 9.59 Å². The van der Waals surface area contributed by atoms with Crippen LogP contribution in [0.15, 0.2) is 35.3 Å². The third kappa shape index (κ3) is 3.69. The number of amides is 2. The normalized spacial score (nSPS) is 19.1. The van der Waals surface area contributed by atoms with Crippen LogP contribution in [0.25, 0.3) is 0 Å². The van der Waals surface area contributed by atoms with Crippen LogP contribution in [-0.4, -0.2) is 36.7 Å². The first-order valence-electron chi connectivity index (χ1n) is 11.0. The third-order valence-electron chi connectivity index (χ3n) is 6.38. The van der Waals surface area contributed by atoms with Crippen molar-refractivity contribution in [3.05, 3.63) is 51.9 Å². The number of benzene rings is 1. The summed E-state index contributed by atoms with van der Waals surface area (Å²) >= 11 is 1.68. The Hall–Kier alpha value is -2.47. The zero-order valence-corrected chi connectivity index (χ0v) is 18.0. The van der Waals surface area contributed by atoms with Crippen LogP contribution in [0.3, 0.4) is 0 Å². The molecule has 0 atom stereocenters. The van der Waals surface area contributed by atoms with Gasteiger partial charge >= 0.3 is 0 Å². The number of nitrogens with zero attached hydrogens (tertiary/aromatic N) is 2. The Morgan fingerprint density at radius 2 is 1.90 bits per heavy atom. The number of hydrogen-bond acceptors (Lipinski definition) is 4. The van der Waals surface area contributed by atoms with Crippen LogP contribution in [0, 0.1) is 0 Å². The lowest BCUT2D eigenvalue weighted by Crippen LogP contribution is -2.45. The van der Waals surface area contributed by atoms with Gasteiger partial charge in [0.2, 0.25) is 11.8 Å². The van der Waals surface area contributed by atoms with Gasteiger partial charge in [0.25, 0.3) is 0 Å². The van der Waals surface area contributed by atoms with Crippen LogP contribution in [-0.2, 0) is 22.4 Å². The summed E-state index contributed by atoms with van der Waals surface area (Å²) in [5.41, 5.74) is 4.33. The number of carbonyl (C=O) groups is 2. The van der Waals surface area contributed by atoms with Crippen molar-refractivity contribution in [3.63, 3.8) is 0 Å². The van der Waals surface area contributed by atoms with E-state index < -0.39 is 0 Å². The summed E-state index contributed by atoms with van der Waals surface area (Å²) in [6.07, 6.45) is 8.88. The van der Waals surface area contributed by atoms with Crippen molar-refractivity contribution in [2.45, 2.75) is 57.4 Å². The highest BCUT2D eigenvalue weighted by molar-refractivity contribution is 7.17. The quantitative estimate of drug-likeness (QED) is 0.815. The Labute approximate surface area is 181 Å². The molecule has 156 valence electrons. The summed E-state index contributed by atoms with van der Waals surface area (Å²) in [7, 11) is 0. The lowest BCUT2D eigenvalue weighted by atomic mass is 9.95. The van der Waals surface area contributed by atoms with Gasteiger partial charge in [0.1, 0.15) is 18.1 Å². The molecule has 1 N–H and O–H groups in total. The molecule has 2 heterocycles. The smallest absolute Gasteiger partial charge is 0.249 e. The number of carbonyl (C=O) groups excluding carboxylic acids is 2. The minimum absolute atomic E-state index is 0.0575. The highest BCUT2D eigenvalue weighted by atomic mass is 32.1. The average molecular weight is 422 g/mol. The van der Waals surface area contributed by atoms with Gasteiger partial charge in [0.05, 0.1) is 5.71 Å². The molecule has 1 aromatic carbocycles. The minimum Gasteiger partial charge on any atom is -0.352 e. The zero-order valence-electron chi connectivity index (χ0n) is 17.2. The second-order valence-electron chi connectivity index (χ2n) is 8.45. The Balaban J connectivity index is 1.47. The van der Waals surface area contributed by atoms with Crippen LogP contribution in [0.4, 0.5) is 5.00 Å². The highest BCUT2D eigenvalue weighted by Crippen LogP contribution is 2.43. The Kier molecular flexibility index (Phi) is 5.42. The molecule has 1 fully saturated rings. The number of aryl methyl sites for hydroxylation is 1. The summed E-state index contributed by atoms with van der Waals surface area (Å²) < 4.78 is 0. The fourth-order valence-corrected chi connectivity index (χ4v) is 6.31. The summed E-state index contributed by atoms with van der Waals surface area (Å²) in [5, 5.41) is 4.07. The van der Waals surface area contributed by atoms with Gasteiger partial charge in [0, 0.05) is 22.0 Å². The maximum atomic E-state index is 13.1. The van der Waals surface area contributed by atoms with Crippen molar-refractivity contribution in [3.8, 4) is 0 Å². The third-order valence-corrected chi connectivity index (χ3v) is 7.69.